The molecule has 0 amide bonds. The highest BCUT2D eigenvalue weighted by molar-refractivity contribution is 5.70. The number of carbonyl (C=O) groups excluding carboxylic acids is 2. The molecular formula is C33H54O5. The van der Waals surface area contributed by atoms with Crippen LogP contribution < -0.4 is 0 Å². The zero-order valence-corrected chi connectivity index (χ0v) is 24.2. The molecule has 0 radical (unpaired) electrons. The molecule has 0 spiro atoms. The monoisotopic (exact) mass is 530 g/mol. The van der Waals surface area contributed by atoms with Gasteiger partial charge in [-0.2, -0.15) is 0 Å². The van der Waals surface area contributed by atoms with Gasteiger partial charge in [-0.15, -0.1) is 0 Å². The highest BCUT2D eigenvalue weighted by Gasteiger charge is 2.15. The minimum atomic E-state index is -0.811. The summed E-state index contributed by atoms with van der Waals surface area (Å²) in [5, 5.41) is 9.45. The summed E-state index contributed by atoms with van der Waals surface area (Å²) in [4.78, 5) is 23.9. The number of hydrogen-bond acceptors (Lipinski definition) is 5. The molecule has 0 aliphatic heterocycles. The molecule has 0 rings (SSSR count). The Bertz CT molecular complexity index is 702. The quantitative estimate of drug-likeness (QED) is 0.0728. The van der Waals surface area contributed by atoms with Gasteiger partial charge in [-0.3, -0.25) is 9.59 Å². The lowest BCUT2D eigenvalue weighted by Crippen LogP contribution is -2.28. The maximum atomic E-state index is 12.0. The fourth-order valence-electron chi connectivity index (χ4n) is 3.55. The standard InChI is InChI=1S/C33H54O5/c1-3-5-7-9-11-13-15-16-18-20-22-24-26-28-33(36)38-31(29-34)30-37-32(35)27-25-23-21-19-17-14-12-10-8-6-4-2/h5,7,10-13,16,18,22,24,31,34H,3-4,6,8-9,14-15,17,19-21,23,25-30H2,1-2H3/b7-5-,12-10-,13-11-,18-16-,24-22-. The van der Waals surface area contributed by atoms with Crippen molar-refractivity contribution in [1.82, 2.24) is 0 Å². The van der Waals surface area contributed by atoms with Gasteiger partial charge in [0, 0.05) is 12.8 Å². The van der Waals surface area contributed by atoms with Crippen LogP contribution in [-0.4, -0.2) is 36.4 Å². The number of rotatable bonds is 25. The number of esters is 2. The average molecular weight is 531 g/mol. The lowest BCUT2D eigenvalue weighted by molar-refractivity contribution is -0.161. The number of ether oxygens (including phenoxy) is 2. The van der Waals surface area contributed by atoms with Crippen molar-refractivity contribution in [3.05, 3.63) is 60.8 Å². The lowest BCUT2D eigenvalue weighted by atomic mass is 10.1. The third-order valence-electron chi connectivity index (χ3n) is 5.81. The van der Waals surface area contributed by atoms with Gasteiger partial charge in [-0.25, -0.2) is 0 Å². The van der Waals surface area contributed by atoms with Gasteiger partial charge in [0.1, 0.15) is 6.61 Å². The highest BCUT2D eigenvalue weighted by atomic mass is 16.6. The van der Waals surface area contributed by atoms with Crippen molar-refractivity contribution in [2.45, 2.75) is 123 Å². The predicted octanol–water partition coefficient (Wildman–Crippen LogP) is 8.50. The van der Waals surface area contributed by atoms with Crippen LogP contribution in [0.3, 0.4) is 0 Å². The molecule has 5 heteroatoms. The van der Waals surface area contributed by atoms with Gasteiger partial charge in [-0.1, -0.05) is 107 Å². The molecule has 0 aromatic heterocycles. The Morgan fingerprint density at radius 3 is 1.82 bits per heavy atom. The van der Waals surface area contributed by atoms with Crippen LogP contribution in [0.4, 0.5) is 0 Å². The second kappa shape index (κ2) is 29.2. The Kier molecular flexibility index (Phi) is 27.3. The zero-order valence-electron chi connectivity index (χ0n) is 24.2. The Labute approximate surface area is 232 Å². The van der Waals surface area contributed by atoms with E-state index in [1.807, 2.05) is 12.2 Å². The van der Waals surface area contributed by atoms with Gasteiger partial charge in [0.15, 0.2) is 6.10 Å². The van der Waals surface area contributed by atoms with Gasteiger partial charge >= 0.3 is 11.9 Å². The zero-order chi connectivity index (χ0) is 27.9. The SMILES string of the molecule is CC/C=C\C/C=C\C/C=C\C/C=C\CCC(=O)OC(CO)COC(=O)CCCCCCC/C=C\CCCC. The predicted molar refractivity (Wildman–Crippen MR) is 159 cm³/mol. The third kappa shape index (κ3) is 26.7. The smallest absolute Gasteiger partial charge is 0.306 e. The maximum Gasteiger partial charge on any atom is 0.306 e. The highest BCUT2D eigenvalue weighted by Crippen LogP contribution is 2.09. The van der Waals surface area contributed by atoms with E-state index in [1.165, 1.54) is 32.1 Å². The molecular weight excluding hydrogens is 476 g/mol. The van der Waals surface area contributed by atoms with Crippen LogP contribution in [0.15, 0.2) is 60.8 Å². The molecule has 0 fully saturated rings. The Hall–Kier alpha value is -2.40. The summed E-state index contributed by atoms with van der Waals surface area (Å²) >= 11 is 0. The summed E-state index contributed by atoms with van der Waals surface area (Å²) in [6.07, 6.45) is 35.7. The summed E-state index contributed by atoms with van der Waals surface area (Å²) in [6, 6.07) is 0. The second-order valence-electron chi connectivity index (χ2n) is 9.44. The molecule has 0 saturated carbocycles. The van der Waals surface area contributed by atoms with Crippen molar-refractivity contribution in [2.75, 3.05) is 13.2 Å². The number of hydrogen-bond donors (Lipinski definition) is 1. The Morgan fingerprint density at radius 2 is 1.18 bits per heavy atom. The van der Waals surface area contributed by atoms with Crippen LogP contribution in [0.1, 0.15) is 117 Å². The van der Waals surface area contributed by atoms with Crippen molar-refractivity contribution in [3.63, 3.8) is 0 Å². The van der Waals surface area contributed by atoms with E-state index in [1.54, 1.807) is 0 Å². The summed E-state index contributed by atoms with van der Waals surface area (Å²) in [6.45, 7) is 3.87. The van der Waals surface area contributed by atoms with Crippen LogP contribution in [0.25, 0.3) is 0 Å². The first-order chi connectivity index (χ1) is 18.6. The Balaban J connectivity index is 3.78. The Morgan fingerprint density at radius 1 is 0.632 bits per heavy atom. The van der Waals surface area contributed by atoms with Gasteiger partial charge < -0.3 is 14.6 Å². The van der Waals surface area contributed by atoms with Crippen molar-refractivity contribution in [3.8, 4) is 0 Å². The third-order valence-corrected chi connectivity index (χ3v) is 5.81. The molecule has 38 heavy (non-hydrogen) atoms. The topological polar surface area (TPSA) is 72.8 Å². The first-order valence-electron chi connectivity index (χ1n) is 14.8. The maximum absolute atomic E-state index is 12.0. The van der Waals surface area contributed by atoms with E-state index in [4.69, 9.17) is 9.47 Å². The molecule has 0 aliphatic rings. The second-order valence-corrected chi connectivity index (χ2v) is 9.44. The fraction of sp³-hybridized carbons (Fsp3) is 0.636. The van der Waals surface area contributed by atoms with Gasteiger partial charge in [0.05, 0.1) is 6.61 Å². The fourth-order valence-corrected chi connectivity index (χ4v) is 3.55. The van der Waals surface area contributed by atoms with Gasteiger partial charge in [0.25, 0.3) is 0 Å². The van der Waals surface area contributed by atoms with E-state index in [-0.39, 0.29) is 25.6 Å². The van der Waals surface area contributed by atoms with E-state index in [0.29, 0.717) is 12.8 Å². The van der Waals surface area contributed by atoms with Gasteiger partial charge in [-0.05, 0) is 57.8 Å². The average Bonchev–Trinajstić information content (AvgIpc) is 2.92. The van der Waals surface area contributed by atoms with Crippen LogP contribution in [0.5, 0.6) is 0 Å². The summed E-state index contributed by atoms with van der Waals surface area (Å²) < 4.78 is 10.4. The first-order valence-corrected chi connectivity index (χ1v) is 14.8. The van der Waals surface area contributed by atoms with Crippen LogP contribution in [-0.2, 0) is 19.1 Å². The summed E-state index contributed by atoms with van der Waals surface area (Å²) in [5.41, 5.74) is 0. The number of allylic oxidation sites excluding steroid dienone is 10. The molecule has 0 aromatic carbocycles. The van der Waals surface area contributed by atoms with Crippen molar-refractivity contribution in [2.24, 2.45) is 0 Å². The van der Waals surface area contributed by atoms with Crippen LogP contribution in [0.2, 0.25) is 0 Å². The van der Waals surface area contributed by atoms with Gasteiger partial charge in [0.2, 0.25) is 0 Å². The number of carbonyl (C=O) groups is 2. The molecule has 0 heterocycles. The number of unbranched alkanes of at least 4 members (excludes halogenated alkanes) is 7. The van der Waals surface area contributed by atoms with E-state index in [0.717, 1.165) is 51.4 Å². The summed E-state index contributed by atoms with van der Waals surface area (Å²) in [5.74, 6) is -0.707. The normalized spacial score (nSPS) is 13.0. The first kappa shape index (κ1) is 35.6. The van der Waals surface area contributed by atoms with E-state index in [9.17, 15) is 14.7 Å². The number of aliphatic hydroxyl groups excluding tert-OH is 1. The summed E-state index contributed by atoms with van der Waals surface area (Å²) in [7, 11) is 0. The van der Waals surface area contributed by atoms with Crippen LogP contribution in [0, 0.1) is 0 Å². The van der Waals surface area contributed by atoms with Crippen molar-refractivity contribution in [1.29, 1.82) is 0 Å². The minimum Gasteiger partial charge on any atom is -0.462 e. The van der Waals surface area contributed by atoms with Crippen LogP contribution >= 0.6 is 0 Å². The minimum absolute atomic E-state index is 0.102. The molecule has 5 nitrogen and oxygen atoms in total. The molecule has 1 atom stereocenters. The molecule has 0 aromatic rings. The van der Waals surface area contributed by atoms with E-state index >= 15 is 0 Å². The molecule has 1 unspecified atom stereocenters. The van der Waals surface area contributed by atoms with E-state index < -0.39 is 12.1 Å². The molecule has 216 valence electrons. The number of aliphatic hydroxyl groups is 1. The molecule has 0 bridgehead atoms. The van der Waals surface area contributed by atoms with Crippen molar-refractivity contribution < 1.29 is 24.2 Å². The van der Waals surface area contributed by atoms with Crippen molar-refractivity contribution >= 4 is 11.9 Å². The largest absolute Gasteiger partial charge is 0.462 e. The molecule has 1 N–H and O–H groups in total. The molecule has 0 saturated heterocycles. The van der Waals surface area contributed by atoms with E-state index in [2.05, 4.69) is 62.5 Å². The molecule has 0 aliphatic carbocycles. The lowest BCUT2D eigenvalue weighted by Gasteiger charge is -2.15.